The summed E-state index contributed by atoms with van der Waals surface area (Å²) in [5.41, 5.74) is 1.19. The summed E-state index contributed by atoms with van der Waals surface area (Å²) in [6.45, 7) is -0.591. The molecule has 6 heteroatoms. The third kappa shape index (κ3) is 5.39. The molecule has 0 radical (unpaired) electrons. The molecule has 0 aliphatic heterocycles. The fraction of sp³-hybridized carbons (Fsp3) is 0.182. The first-order chi connectivity index (χ1) is 8.03. The van der Waals surface area contributed by atoms with Gasteiger partial charge in [0.25, 0.3) is 0 Å². The van der Waals surface area contributed by atoms with Crippen LogP contribution in [0, 0.1) is 0 Å². The monoisotopic (exact) mass is 255 g/mol. The molecule has 0 aliphatic rings. The Hall–Kier alpha value is -1.50. The van der Waals surface area contributed by atoms with Crippen LogP contribution in [-0.2, 0) is 10.1 Å². The van der Waals surface area contributed by atoms with Gasteiger partial charge in [-0.3, -0.25) is 0 Å². The van der Waals surface area contributed by atoms with E-state index in [0.717, 1.165) is 0 Å². The number of hydrogen-bond acceptors (Lipinski definition) is 4. The molecule has 0 spiro atoms. The topological polar surface area (TPSA) is 91.6 Å². The summed E-state index contributed by atoms with van der Waals surface area (Å²) in [6, 6.07) is 12.3. The minimum atomic E-state index is -4.17. The standard InChI is InChI=1S/C9H7N.C2H6O4S/c1-2-6-9-8(4-1)5-3-7-10-9;3-1-2-7(4,5)6/h1-7H;3H,1-2H2,(H,4,5,6). The molecule has 92 valence electrons. The maximum absolute atomic E-state index is 9.52. The van der Waals surface area contributed by atoms with Crippen LogP contribution in [0.25, 0.3) is 10.9 Å². The first-order valence-corrected chi connectivity index (χ1v) is 6.50. The fourth-order valence-corrected chi connectivity index (χ4v) is 1.40. The summed E-state index contributed by atoms with van der Waals surface area (Å²) in [5.74, 6) is -0.688. The zero-order valence-corrected chi connectivity index (χ0v) is 9.85. The maximum Gasteiger partial charge on any atom is 0.210 e. The van der Waals surface area contributed by atoms with Crippen molar-refractivity contribution < 1.29 is 23.1 Å². The van der Waals surface area contributed by atoms with Crippen LogP contribution in [0.2, 0.25) is 0 Å². The molecule has 0 aliphatic carbocycles. The van der Waals surface area contributed by atoms with Gasteiger partial charge in [-0.15, -0.1) is 0 Å². The second kappa shape index (κ2) is 6.29. The number of H-pyrrole nitrogens is 1. The van der Waals surface area contributed by atoms with Gasteiger partial charge in [0.15, 0.2) is 6.20 Å². The van der Waals surface area contributed by atoms with E-state index in [4.69, 9.17) is 5.11 Å². The fourth-order valence-electron chi connectivity index (χ4n) is 1.18. The number of hydrogen-bond donors (Lipinski definition) is 1. The second-order valence-corrected chi connectivity index (χ2v) is 4.77. The largest absolute Gasteiger partial charge is 0.748 e. The number of nitrogens with one attached hydrogen (secondary N) is 1. The first kappa shape index (κ1) is 13.6. The summed E-state index contributed by atoms with van der Waals surface area (Å²) < 4.78 is 28.5. The van der Waals surface area contributed by atoms with Gasteiger partial charge in [0.05, 0.1) is 22.5 Å². The average Bonchev–Trinajstić information content (AvgIpc) is 2.28. The lowest BCUT2D eigenvalue weighted by Gasteiger charge is -2.00. The third-order valence-electron chi connectivity index (χ3n) is 1.91. The molecule has 1 aromatic carbocycles. The third-order valence-corrected chi connectivity index (χ3v) is 2.60. The van der Waals surface area contributed by atoms with E-state index in [0.29, 0.717) is 0 Å². The van der Waals surface area contributed by atoms with Crippen LogP contribution in [0.4, 0.5) is 0 Å². The van der Waals surface area contributed by atoms with Gasteiger partial charge in [-0.25, -0.2) is 13.4 Å². The van der Waals surface area contributed by atoms with Gasteiger partial charge >= 0.3 is 0 Å². The molecule has 0 amide bonds. The zero-order chi connectivity index (χ0) is 12.7. The van der Waals surface area contributed by atoms with Crippen LogP contribution in [0.1, 0.15) is 0 Å². The summed E-state index contributed by atoms with van der Waals surface area (Å²) in [4.78, 5) is 3.15. The van der Waals surface area contributed by atoms with Gasteiger partial charge in [-0.1, -0.05) is 12.1 Å². The highest BCUT2D eigenvalue weighted by molar-refractivity contribution is 7.85. The first-order valence-electron chi connectivity index (χ1n) is 4.93. The van der Waals surface area contributed by atoms with Crippen molar-refractivity contribution >= 4 is 21.0 Å². The Bertz CT molecular complexity index is 503. The van der Waals surface area contributed by atoms with Crippen molar-refractivity contribution in [1.29, 1.82) is 0 Å². The highest BCUT2D eigenvalue weighted by Gasteiger charge is 1.93. The zero-order valence-electron chi connectivity index (χ0n) is 9.04. The highest BCUT2D eigenvalue weighted by Crippen LogP contribution is 2.04. The van der Waals surface area contributed by atoms with Gasteiger partial charge in [-0.2, -0.15) is 0 Å². The Morgan fingerprint density at radius 1 is 1.18 bits per heavy atom. The number of benzene rings is 1. The normalized spacial score (nSPS) is 10.7. The van der Waals surface area contributed by atoms with E-state index in [-0.39, 0.29) is 0 Å². The summed E-state index contributed by atoms with van der Waals surface area (Å²) >= 11 is 0. The number of fused-ring (bicyclic) bond motifs is 1. The maximum atomic E-state index is 9.52. The van der Waals surface area contributed by atoms with Crippen molar-refractivity contribution in [3.05, 3.63) is 42.6 Å². The number of aliphatic hydroxyl groups excluding tert-OH is 1. The SMILES string of the molecule is O=S(=O)([O-])CCO.c1ccc2[nH+]cccc2c1. The van der Waals surface area contributed by atoms with Crippen molar-refractivity contribution in [1.82, 2.24) is 0 Å². The van der Waals surface area contributed by atoms with Gasteiger partial charge < -0.3 is 9.66 Å². The van der Waals surface area contributed by atoms with Gasteiger partial charge in [0.2, 0.25) is 5.52 Å². The summed E-state index contributed by atoms with van der Waals surface area (Å²) in [6.07, 6.45) is 1.93. The van der Waals surface area contributed by atoms with Crippen LogP contribution < -0.4 is 4.98 Å². The molecule has 0 unspecified atom stereocenters. The van der Waals surface area contributed by atoms with Crippen LogP contribution in [0.5, 0.6) is 0 Å². The molecule has 0 saturated heterocycles. The Morgan fingerprint density at radius 2 is 1.82 bits per heavy atom. The molecule has 5 nitrogen and oxygen atoms in total. The second-order valence-electron chi connectivity index (χ2n) is 3.24. The summed E-state index contributed by atoms with van der Waals surface area (Å²) in [5, 5.41) is 9.08. The molecule has 0 saturated carbocycles. The Labute approximate surface area is 99.5 Å². The van der Waals surface area contributed by atoms with Gasteiger partial charge in [0, 0.05) is 17.5 Å². The van der Waals surface area contributed by atoms with E-state index in [2.05, 4.69) is 23.2 Å². The quantitative estimate of drug-likeness (QED) is 0.775. The van der Waals surface area contributed by atoms with Crippen molar-refractivity contribution in [2.75, 3.05) is 12.4 Å². The number of aliphatic hydroxyl groups is 1. The number of para-hydroxylation sites is 1. The van der Waals surface area contributed by atoms with Gasteiger partial charge in [0.1, 0.15) is 0 Å². The molecule has 2 aromatic rings. The predicted molar refractivity (Wildman–Crippen MR) is 62.2 cm³/mol. The molecule has 2 rings (SSSR count). The number of pyridine rings is 1. The lowest BCUT2D eigenvalue weighted by Crippen LogP contribution is -2.07. The van der Waals surface area contributed by atoms with Crippen molar-refractivity contribution in [2.45, 2.75) is 0 Å². The predicted octanol–water partition coefficient (Wildman–Crippen LogP) is 0.178. The Kier molecular flexibility index (Phi) is 5.02. The lowest BCUT2D eigenvalue weighted by molar-refractivity contribution is -0.344. The van der Waals surface area contributed by atoms with Crippen LogP contribution in [0.3, 0.4) is 0 Å². The molecule has 0 atom stereocenters. The van der Waals surface area contributed by atoms with Crippen LogP contribution in [0.15, 0.2) is 42.6 Å². The Morgan fingerprint density at radius 3 is 2.35 bits per heavy atom. The van der Waals surface area contributed by atoms with E-state index in [9.17, 15) is 13.0 Å². The van der Waals surface area contributed by atoms with E-state index >= 15 is 0 Å². The molecule has 2 N–H and O–H groups in total. The average molecular weight is 255 g/mol. The van der Waals surface area contributed by atoms with Gasteiger partial charge in [-0.05, 0) is 12.1 Å². The molecule has 1 aromatic heterocycles. The molecular formula is C11H13NO4S. The number of aromatic amines is 1. The van der Waals surface area contributed by atoms with E-state index < -0.39 is 22.5 Å². The molecule has 0 bridgehead atoms. The van der Waals surface area contributed by atoms with E-state index in [1.165, 1.54) is 10.9 Å². The minimum absolute atomic E-state index is 0.591. The summed E-state index contributed by atoms with van der Waals surface area (Å²) in [7, 11) is -4.17. The van der Waals surface area contributed by atoms with Crippen LogP contribution >= 0.6 is 0 Å². The smallest absolute Gasteiger partial charge is 0.210 e. The Balaban J connectivity index is 0.000000185. The molecule has 0 fully saturated rings. The number of rotatable bonds is 2. The van der Waals surface area contributed by atoms with E-state index in [1.54, 1.807) is 0 Å². The van der Waals surface area contributed by atoms with E-state index in [1.807, 2.05) is 24.4 Å². The van der Waals surface area contributed by atoms with Crippen LogP contribution in [-0.4, -0.2) is 30.4 Å². The lowest BCUT2D eigenvalue weighted by atomic mass is 10.2. The molecular weight excluding hydrogens is 242 g/mol. The number of aromatic nitrogens is 1. The van der Waals surface area contributed by atoms with Crippen molar-refractivity contribution in [3.63, 3.8) is 0 Å². The highest BCUT2D eigenvalue weighted by atomic mass is 32.2. The van der Waals surface area contributed by atoms with Crippen molar-refractivity contribution in [2.24, 2.45) is 0 Å². The van der Waals surface area contributed by atoms with Crippen molar-refractivity contribution in [3.8, 4) is 0 Å². The molecule has 17 heavy (non-hydrogen) atoms. The minimum Gasteiger partial charge on any atom is -0.748 e. The molecule has 1 heterocycles.